The average molecular weight is 357 g/mol. The van der Waals surface area contributed by atoms with Gasteiger partial charge in [-0.25, -0.2) is 4.79 Å². The maximum atomic E-state index is 12.2. The molecule has 2 amide bonds. The molecular formula is C20H27N3O3. The van der Waals surface area contributed by atoms with Crippen molar-refractivity contribution in [3.05, 3.63) is 60.2 Å². The van der Waals surface area contributed by atoms with Crippen molar-refractivity contribution in [1.29, 1.82) is 0 Å². The summed E-state index contributed by atoms with van der Waals surface area (Å²) >= 11 is 0. The highest BCUT2D eigenvalue weighted by atomic mass is 16.5. The molecule has 0 heterocycles. The predicted octanol–water partition coefficient (Wildman–Crippen LogP) is 2.73. The molecule has 6 nitrogen and oxygen atoms in total. The quantitative estimate of drug-likeness (QED) is 0.679. The Morgan fingerprint density at radius 3 is 2.35 bits per heavy atom. The first-order valence-corrected chi connectivity index (χ1v) is 8.56. The molecule has 0 saturated carbocycles. The molecule has 2 aromatic rings. The second-order valence-electron chi connectivity index (χ2n) is 6.44. The molecule has 0 saturated heterocycles. The van der Waals surface area contributed by atoms with Gasteiger partial charge in [-0.05, 0) is 43.9 Å². The first kappa shape index (κ1) is 19.8. The van der Waals surface area contributed by atoms with Crippen LogP contribution in [0.4, 0.5) is 10.5 Å². The van der Waals surface area contributed by atoms with Gasteiger partial charge in [-0.15, -0.1) is 0 Å². The number of aliphatic hydroxyl groups excluding tert-OH is 1. The number of rotatable bonds is 8. The highest BCUT2D eigenvalue weighted by Crippen LogP contribution is 2.22. The molecule has 6 heteroatoms. The Kier molecular flexibility index (Phi) is 7.44. The molecule has 0 aliphatic rings. The summed E-state index contributed by atoms with van der Waals surface area (Å²) < 4.78 is 5.10. The Morgan fingerprint density at radius 2 is 1.77 bits per heavy atom. The normalized spacial score (nSPS) is 13.1. The van der Waals surface area contributed by atoms with Crippen LogP contribution in [0.1, 0.15) is 11.7 Å². The number of benzene rings is 2. The number of methoxy groups -OCH3 is 1. The number of amides is 2. The average Bonchev–Trinajstić information content (AvgIpc) is 2.65. The first-order valence-electron chi connectivity index (χ1n) is 8.56. The topological polar surface area (TPSA) is 73.8 Å². The Labute approximate surface area is 154 Å². The van der Waals surface area contributed by atoms with Crippen LogP contribution in [0.25, 0.3) is 0 Å². The van der Waals surface area contributed by atoms with Crippen molar-refractivity contribution in [2.45, 2.75) is 6.10 Å². The van der Waals surface area contributed by atoms with Gasteiger partial charge in [0.1, 0.15) is 5.75 Å². The summed E-state index contributed by atoms with van der Waals surface area (Å²) in [5.41, 5.74) is 1.52. The van der Waals surface area contributed by atoms with Crippen LogP contribution in [0.2, 0.25) is 0 Å². The van der Waals surface area contributed by atoms with Crippen LogP contribution in [-0.4, -0.2) is 50.3 Å². The molecule has 0 unspecified atom stereocenters. The lowest BCUT2D eigenvalue weighted by Gasteiger charge is -2.26. The monoisotopic (exact) mass is 357 g/mol. The van der Waals surface area contributed by atoms with Crippen molar-refractivity contribution < 1.29 is 14.6 Å². The number of ether oxygens (including phenoxy) is 1. The zero-order chi connectivity index (χ0) is 18.9. The summed E-state index contributed by atoms with van der Waals surface area (Å²) in [5.74, 6) is 0.599. The fourth-order valence-corrected chi connectivity index (χ4v) is 2.74. The number of nitrogens with one attached hydrogen (secondary N) is 2. The van der Waals surface area contributed by atoms with E-state index in [0.29, 0.717) is 18.8 Å². The van der Waals surface area contributed by atoms with E-state index >= 15 is 0 Å². The first-order chi connectivity index (χ1) is 12.5. The minimum atomic E-state index is -0.653. The van der Waals surface area contributed by atoms with E-state index < -0.39 is 6.10 Å². The van der Waals surface area contributed by atoms with E-state index in [1.807, 2.05) is 49.3 Å². The fourth-order valence-electron chi connectivity index (χ4n) is 2.74. The highest BCUT2D eigenvalue weighted by molar-refractivity contribution is 5.89. The molecule has 26 heavy (non-hydrogen) atoms. The number of carbonyl (C=O) groups is 1. The van der Waals surface area contributed by atoms with Crippen LogP contribution >= 0.6 is 0 Å². The van der Waals surface area contributed by atoms with E-state index in [0.717, 1.165) is 11.3 Å². The molecule has 2 rings (SSSR count). The van der Waals surface area contributed by atoms with E-state index in [-0.39, 0.29) is 11.9 Å². The van der Waals surface area contributed by atoms with Gasteiger partial charge in [-0.1, -0.05) is 30.3 Å². The highest BCUT2D eigenvalue weighted by Gasteiger charge is 2.22. The second-order valence-corrected chi connectivity index (χ2v) is 6.44. The Hall–Kier alpha value is -2.57. The lowest BCUT2D eigenvalue weighted by molar-refractivity contribution is 0.0911. The maximum absolute atomic E-state index is 12.2. The molecule has 0 aliphatic heterocycles. The summed E-state index contributed by atoms with van der Waals surface area (Å²) in [5, 5.41) is 16.3. The third kappa shape index (κ3) is 6.06. The molecule has 0 bridgehead atoms. The summed E-state index contributed by atoms with van der Waals surface area (Å²) in [4.78, 5) is 14.2. The lowest BCUT2D eigenvalue weighted by atomic mass is 9.95. The third-order valence-corrected chi connectivity index (χ3v) is 4.06. The van der Waals surface area contributed by atoms with E-state index in [9.17, 15) is 9.90 Å². The fraction of sp³-hybridized carbons (Fsp3) is 0.350. The molecule has 0 aromatic heterocycles. The van der Waals surface area contributed by atoms with Gasteiger partial charge in [0.2, 0.25) is 0 Å². The van der Waals surface area contributed by atoms with Crippen LogP contribution in [0.5, 0.6) is 5.75 Å². The zero-order valence-corrected chi connectivity index (χ0v) is 15.5. The van der Waals surface area contributed by atoms with Crippen molar-refractivity contribution in [3.8, 4) is 5.75 Å². The van der Waals surface area contributed by atoms with Gasteiger partial charge < -0.3 is 25.4 Å². The summed E-state index contributed by atoms with van der Waals surface area (Å²) in [6.45, 7) is 1.01. The van der Waals surface area contributed by atoms with E-state index in [1.165, 1.54) is 0 Å². The number of hydrogen-bond donors (Lipinski definition) is 3. The van der Waals surface area contributed by atoms with Gasteiger partial charge >= 0.3 is 6.03 Å². The SMILES string of the molecule is COc1ccc(NC(=O)NC[C@H](CN(C)C)[C@@H](O)c2ccccc2)cc1. The number of nitrogens with zero attached hydrogens (tertiary/aromatic N) is 1. The summed E-state index contributed by atoms with van der Waals surface area (Å²) in [6.07, 6.45) is -0.653. The number of hydrogen-bond acceptors (Lipinski definition) is 4. The smallest absolute Gasteiger partial charge is 0.319 e. The molecular weight excluding hydrogens is 330 g/mol. The minimum Gasteiger partial charge on any atom is -0.497 e. The molecule has 0 fully saturated rings. The van der Waals surface area contributed by atoms with Crippen molar-refractivity contribution in [2.75, 3.05) is 39.6 Å². The van der Waals surface area contributed by atoms with Crippen LogP contribution in [-0.2, 0) is 0 Å². The molecule has 0 aliphatic carbocycles. The van der Waals surface area contributed by atoms with Crippen LogP contribution < -0.4 is 15.4 Å². The van der Waals surface area contributed by atoms with Crippen molar-refractivity contribution in [2.24, 2.45) is 5.92 Å². The second kappa shape index (κ2) is 9.79. The standard InChI is InChI=1S/C20H27N3O3/c1-23(2)14-16(19(24)15-7-5-4-6-8-15)13-21-20(25)22-17-9-11-18(26-3)12-10-17/h4-12,16,19,24H,13-14H2,1-3H3,(H2,21,22,25)/t16-,19+/m1/s1. The van der Waals surface area contributed by atoms with E-state index in [2.05, 4.69) is 10.6 Å². The van der Waals surface area contributed by atoms with Gasteiger partial charge in [0.15, 0.2) is 0 Å². The molecule has 2 aromatic carbocycles. The largest absolute Gasteiger partial charge is 0.497 e. The minimum absolute atomic E-state index is 0.131. The van der Waals surface area contributed by atoms with Crippen LogP contribution in [0.15, 0.2) is 54.6 Å². The van der Waals surface area contributed by atoms with Gasteiger partial charge in [0.05, 0.1) is 13.2 Å². The lowest BCUT2D eigenvalue weighted by Crippen LogP contribution is -2.39. The van der Waals surface area contributed by atoms with Gasteiger partial charge in [-0.3, -0.25) is 0 Å². The van der Waals surface area contributed by atoms with E-state index in [1.54, 1.807) is 31.4 Å². The third-order valence-electron chi connectivity index (χ3n) is 4.06. The van der Waals surface area contributed by atoms with Gasteiger partial charge in [-0.2, -0.15) is 0 Å². The van der Waals surface area contributed by atoms with Crippen LogP contribution in [0, 0.1) is 5.92 Å². The van der Waals surface area contributed by atoms with Crippen molar-refractivity contribution >= 4 is 11.7 Å². The molecule has 2 atom stereocenters. The van der Waals surface area contributed by atoms with Gasteiger partial charge in [0, 0.05) is 24.7 Å². The maximum Gasteiger partial charge on any atom is 0.319 e. The molecule has 0 radical (unpaired) electrons. The number of urea groups is 1. The molecule has 140 valence electrons. The number of anilines is 1. The van der Waals surface area contributed by atoms with Crippen molar-refractivity contribution in [3.63, 3.8) is 0 Å². The molecule has 0 spiro atoms. The molecule has 3 N–H and O–H groups in total. The summed E-state index contributed by atoms with van der Waals surface area (Å²) in [7, 11) is 5.49. The number of carbonyl (C=O) groups excluding carboxylic acids is 1. The Bertz CT molecular complexity index is 674. The Balaban J connectivity index is 1.93. The zero-order valence-electron chi connectivity index (χ0n) is 15.5. The summed E-state index contributed by atoms with van der Waals surface area (Å²) in [6, 6.07) is 16.3. The van der Waals surface area contributed by atoms with Gasteiger partial charge in [0.25, 0.3) is 0 Å². The van der Waals surface area contributed by atoms with E-state index in [4.69, 9.17) is 4.74 Å². The predicted molar refractivity (Wildman–Crippen MR) is 103 cm³/mol. The number of aliphatic hydroxyl groups is 1. The van der Waals surface area contributed by atoms with Crippen molar-refractivity contribution in [1.82, 2.24) is 10.2 Å². The Morgan fingerprint density at radius 1 is 1.12 bits per heavy atom. The van der Waals surface area contributed by atoms with Crippen LogP contribution in [0.3, 0.4) is 0 Å².